The van der Waals surface area contributed by atoms with E-state index in [4.69, 9.17) is 0 Å². The summed E-state index contributed by atoms with van der Waals surface area (Å²) < 4.78 is 71.0. The zero-order valence-electron chi connectivity index (χ0n) is 21.5. The van der Waals surface area contributed by atoms with Crippen LogP contribution in [0, 0.1) is 11.8 Å². The van der Waals surface area contributed by atoms with Crippen LogP contribution in [0.1, 0.15) is 18.9 Å². The summed E-state index contributed by atoms with van der Waals surface area (Å²) in [6.45, 7) is 2.88. The number of alkyl halides is 3. The molecule has 0 saturated carbocycles. The van der Waals surface area contributed by atoms with Gasteiger partial charge >= 0.3 is 0 Å². The number of rotatable bonds is 9. The van der Waals surface area contributed by atoms with Crippen LogP contribution >= 0.6 is 11.3 Å². The third kappa shape index (κ3) is 4.99. The fraction of sp³-hybridized carbons (Fsp3) is 0.276. The number of thiophene rings is 1. The zero-order chi connectivity index (χ0) is 28.0. The molecule has 3 aromatic carbocycles. The summed E-state index contributed by atoms with van der Waals surface area (Å²) in [6.07, 6.45) is 0.542. The van der Waals surface area contributed by atoms with E-state index >= 15 is 0 Å². The molecule has 3 heterocycles. The maximum Gasteiger partial charge on any atom is 0.271 e. The lowest BCUT2D eigenvalue weighted by molar-refractivity contribution is 0.0178. The van der Waals surface area contributed by atoms with Gasteiger partial charge in [-0.3, -0.25) is 14.4 Å². The highest BCUT2D eigenvalue weighted by atomic mass is 32.1. The summed E-state index contributed by atoms with van der Waals surface area (Å²) in [5.74, 6) is -4.69. The van der Waals surface area contributed by atoms with Crippen molar-refractivity contribution in [3.63, 3.8) is 0 Å². The predicted octanol–water partition coefficient (Wildman–Crippen LogP) is 8.03. The number of hydrogen-bond donors (Lipinski definition) is 3. The van der Waals surface area contributed by atoms with Gasteiger partial charge in [0.1, 0.15) is 5.82 Å². The summed E-state index contributed by atoms with van der Waals surface area (Å²) in [5, 5.41) is 14.0. The van der Waals surface area contributed by atoms with Gasteiger partial charge in [-0.15, -0.1) is 11.3 Å². The van der Waals surface area contributed by atoms with Gasteiger partial charge in [0.25, 0.3) is 5.92 Å². The lowest BCUT2D eigenvalue weighted by atomic mass is 9.99. The van der Waals surface area contributed by atoms with Gasteiger partial charge in [0.2, 0.25) is 5.95 Å². The Balaban J connectivity index is 1.36. The van der Waals surface area contributed by atoms with Crippen molar-refractivity contribution in [1.82, 2.24) is 15.1 Å². The summed E-state index contributed by atoms with van der Waals surface area (Å²) in [6, 6.07) is 14.6. The Morgan fingerprint density at radius 3 is 2.52 bits per heavy atom. The molecule has 3 N–H and O–H groups in total. The van der Waals surface area contributed by atoms with Crippen LogP contribution in [-0.2, 0) is 5.92 Å². The van der Waals surface area contributed by atoms with Crippen molar-refractivity contribution in [3.8, 4) is 10.4 Å². The number of nitrogens with one attached hydrogen (secondary N) is 3. The van der Waals surface area contributed by atoms with Crippen LogP contribution < -0.4 is 10.6 Å². The van der Waals surface area contributed by atoms with E-state index < -0.39 is 23.3 Å². The first-order valence-corrected chi connectivity index (χ1v) is 13.7. The van der Waals surface area contributed by atoms with Gasteiger partial charge in [-0.25, -0.2) is 13.2 Å². The number of nitrogens with zero attached hydrogens (tertiary/aromatic N) is 2. The van der Waals surface area contributed by atoms with E-state index in [2.05, 4.69) is 25.7 Å². The molecule has 11 heteroatoms. The molecule has 0 unspecified atom stereocenters. The number of anilines is 3. The van der Waals surface area contributed by atoms with E-state index in [1.54, 1.807) is 12.1 Å². The zero-order valence-corrected chi connectivity index (χ0v) is 22.3. The molecule has 1 fully saturated rings. The van der Waals surface area contributed by atoms with E-state index in [0.29, 0.717) is 38.3 Å². The first-order valence-electron chi connectivity index (χ1n) is 12.9. The Bertz CT molecular complexity index is 1670. The number of aromatic amines is 1. The van der Waals surface area contributed by atoms with Gasteiger partial charge in [0, 0.05) is 54.4 Å². The number of H-pyrrole nitrogens is 1. The molecule has 1 saturated heterocycles. The Hall–Kier alpha value is -3.70. The SMILES string of the molecule is CC(F)(F)c1cc(F)ccc1-c1sc2c(ccc3n[nH]c(F)c32)c1Nc1ccc(NC2CN(CCCF)C2)cc1. The van der Waals surface area contributed by atoms with Gasteiger partial charge in [0.05, 0.1) is 38.9 Å². The van der Waals surface area contributed by atoms with E-state index in [9.17, 15) is 22.0 Å². The largest absolute Gasteiger partial charge is 0.380 e. The van der Waals surface area contributed by atoms with Crippen molar-refractivity contribution in [2.75, 3.05) is 36.9 Å². The Morgan fingerprint density at radius 1 is 1.05 bits per heavy atom. The second-order valence-corrected chi connectivity index (χ2v) is 11.1. The summed E-state index contributed by atoms with van der Waals surface area (Å²) in [5.41, 5.74) is 2.26. The number of aromatic nitrogens is 2. The second-order valence-electron chi connectivity index (χ2n) is 10.1. The normalized spacial score (nSPS) is 14.7. The van der Waals surface area contributed by atoms with Gasteiger partial charge in [0.15, 0.2) is 0 Å². The fourth-order valence-corrected chi connectivity index (χ4v) is 6.50. The molecule has 0 radical (unpaired) electrons. The summed E-state index contributed by atoms with van der Waals surface area (Å²) >= 11 is 1.15. The monoisotopic (exact) mass is 571 g/mol. The van der Waals surface area contributed by atoms with Gasteiger partial charge in [-0.1, -0.05) is 6.07 Å². The van der Waals surface area contributed by atoms with Crippen molar-refractivity contribution >= 4 is 49.4 Å². The van der Waals surface area contributed by atoms with Crippen LogP contribution in [0.4, 0.5) is 39.0 Å². The average molecular weight is 572 g/mol. The minimum atomic E-state index is -3.31. The van der Waals surface area contributed by atoms with E-state index in [1.807, 2.05) is 24.3 Å². The first kappa shape index (κ1) is 26.5. The molecule has 2 aromatic heterocycles. The van der Waals surface area contributed by atoms with E-state index in [0.717, 1.165) is 55.7 Å². The van der Waals surface area contributed by atoms with Crippen molar-refractivity contribution in [3.05, 3.63) is 71.9 Å². The van der Waals surface area contributed by atoms with Crippen LogP contribution in [-0.4, -0.2) is 47.4 Å². The standard InChI is InChI=1S/C29H26F5N5S/c1-29(33,34)22-13-16(31)3-8-20(22)27-25(21-9-10-23-24(26(21)40-27)28(32)38-37-23)36-18-6-4-17(5-7-18)35-19-14-39(15-19)12-2-11-30/h3-10,13,19,35-36H,2,11-12,14-15H2,1H3,(H,37,38). The maximum absolute atomic E-state index is 14.7. The van der Waals surface area contributed by atoms with Crippen LogP contribution in [0.5, 0.6) is 0 Å². The topological polar surface area (TPSA) is 56.0 Å². The van der Waals surface area contributed by atoms with Crippen LogP contribution in [0.15, 0.2) is 54.6 Å². The molecular formula is C29H26F5N5S. The average Bonchev–Trinajstić information content (AvgIpc) is 3.46. The van der Waals surface area contributed by atoms with Crippen LogP contribution in [0.3, 0.4) is 0 Å². The highest BCUT2D eigenvalue weighted by Gasteiger charge is 2.31. The van der Waals surface area contributed by atoms with E-state index in [-0.39, 0.29) is 23.7 Å². The number of benzene rings is 3. The number of fused-ring (bicyclic) bond motifs is 3. The summed E-state index contributed by atoms with van der Waals surface area (Å²) in [7, 11) is 0. The van der Waals surface area contributed by atoms with Crippen LogP contribution in [0.2, 0.25) is 0 Å². The third-order valence-corrected chi connectivity index (χ3v) is 8.38. The Kier molecular flexibility index (Phi) is 6.87. The van der Waals surface area contributed by atoms with Crippen molar-refractivity contribution in [2.24, 2.45) is 0 Å². The molecule has 0 bridgehead atoms. The lowest BCUT2D eigenvalue weighted by Gasteiger charge is -2.40. The van der Waals surface area contributed by atoms with Gasteiger partial charge in [-0.05, 0) is 55.0 Å². The smallest absolute Gasteiger partial charge is 0.271 e. The highest BCUT2D eigenvalue weighted by Crippen LogP contribution is 2.49. The number of halogens is 5. The molecule has 1 aliphatic heterocycles. The van der Waals surface area contributed by atoms with Crippen molar-refractivity contribution in [1.29, 1.82) is 0 Å². The number of hydrogen-bond acceptors (Lipinski definition) is 5. The molecule has 5 aromatic rings. The predicted molar refractivity (Wildman–Crippen MR) is 151 cm³/mol. The Morgan fingerprint density at radius 2 is 1.80 bits per heavy atom. The molecule has 208 valence electrons. The van der Waals surface area contributed by atoms with Gasteiger partial charge in [-0.2, -0.15) is 9.49 Å². The minimum Gasteiger partial charge on any atom is -0.380 e. The van der Waals surface area contributed by atoms with Crippen molar-refractivity contribution < 1.29 is 22.0 Å². The quantitative estimate of drug-likeness (QED) is 0.157. The van der Waals surface area contributed by atoms with Crippen molar-refractivity contribution in [2.45, 2.75) is 25.3 Å². The highest BCUT2D eigenvalue weighted by molar-refractivity contribution is 7.24. The Labute approximate surface area is 231 Å². The molecule has 0 spiro atoms. The van der Waals surface area contributed by atoms with Gasteiger partial charge < -0.3 is 10.6 Å². The molecule has 0 atom stereocenters. The molecule has 0 amide bonds. The molecule has 1 aliphatic rings. The first-order chi connectivity index (χ1) is 19.2. The molecule has 40 heavy (non-hydrogen) atoms. The minimum absolute atomic E-state index is 0.162. The third-order valence-electron chi connectivity index (χ3n) is 7.12. The molecule has 5 nitrogen and oxygen atoms in total. The van der Waals surface area contributed by atoms with Crippen LogP contribution in [0.25, 0.3) is 31.4 Å². The molecule has 0 aliphatic carbocycles. The molecular weight excluding hydrogens is 545 g/mol. The molecule has 6 rings (SSSR count). The number of likely N-dealkylation sites (tertiary alicyclic amines) is 1. The summed E-state index contributed by atoms with van der Waals surface area (Å²) in [4.78, 5) is 2.63. The lowest BCUT2D eigenvalue weighted by Crippen LogP contribution is -2.54. The van der Waals surface area contributed by atoms with E-state index in [1.165, 1.54) is 6.07 Å². The second kappa shape index (κ2) is 10.4. The maximum atomic E-state index is 14.7. The fourth-order valence-electron chi connectivity index (χ4n) is 5.17.